The van der Waals surface area contributed by atoms with Gasteiger partial charge in [-0.15, -0.1) is 28.3 Å². The van der Waals surface area contributed by atoms with Gasteiger partial charge in [-0.3, -0.25) is 4.98 Å². The number of rotatable bonds is 2. The van der Waals surface area contributed by atoms with E-state index < -0.39 is 0 Å². The highest BCUT2D eigenvalue weighted by Gasteiger charge is 2.06. The summed E-state index contributed by atoms with van der Waals surface area (Å²) in [4.78, 5) is 11.7. The number of thiazole rings is 1. The second-order valence-electron chi connectivity index (χ2n) is 2.80. The van der Waals surface area contributed by atoms with Gasteiger partial charge in [0.2, 0.25) is 0 Å². The number of aromatic nitrogens is 2. The molecule has 0 atom stereocenters. The van der Waals surface area contributed by atoms with Gasteiger partial charge in [-0.2, -0.15) is 0 Å². The first-order valence-corrected chi connectivity index (χ1v) is 5.45. The van der Waals surface area contributed by atoms with E-state index in [0.717, 1.165) is 16.4 Å². The maximum atomic E-state index is 6.74. The molecule has 0 aliphatic heterocycles. The molecule has 0 saturated carbocycles. The van der Waals surface area contributed by atoms with Gasteiger partial charge in [0.05, 0.1) is 10.7 Å². The van der Waals surface area contributed by atoms with E-state index in [2.05, 4.69) is 14.8 Å². The molecular formula is C10H7BrClN3S. The van der Waals surface area contributed by atoms with E-state index in [1.54, 1.807) is 12.3 Å². The first-order chi connectivity index (χ1) is 7.29. The molecule has 0 spiro atoms. The molecule has 82 valence electrons. The second kappa shape index (κ2) is 5.94. The topological polar surface area (TPSA) is 30.1 Å². The fourth-order valence-electron chi connectivity index (χ4n) is 1.10. The predicted octanol–water partition coefficient (Wildman–Crippen LogP) is 3.86. The predicted molar refractivity (Wildman–Crippen MR) is 71.0 cm³/mol. The summed E-state index contributed by atoms with van der Waals surface area (Å²) in [5.74, 6) is 0. The van der Waals surface area contributed by atoms with Crippen LogP contribution in [0.1, 0.15) is 5.01 Å². The van der Waals surface area contributed by atoms with Crippen molar-refractivity contribution in [1.82, 2.24) is 9.97 Å². The van der Waals surface area contributed by atoms with Gasteiger partial charge >= 0.3 is 0 Å². The van der Waals surface area contributed by atoms with Gasteiger partial charge in [0.1, 0.15) is 5.69 Å². The van der Waals surface area contributed by atoms with Crippen molar-refractivity contribution in [3.63, 3.8) is 0 Å². The van der Waals surface area contributed by atoms with Gasteiger partial charge in [-0.05, 0) is 12.1 Å². The van der Waals surface area contributed by atoms with Gasteiger partial charge in [0.15, 0.2) is 5.01 Å². The summed E-state index contributed by atoms with van der Waals surface area (Å²) in [7, 11) is 0. The summed E-state index contributed by atoms with van der Waals surface area (Å²) in [6, 6.07) is 3.59. The Morgan fingerprint density at radius 2 is 2.19 bits per heavy atom. The Morgan fingerprint density at radius 3 is 2.81 bits per heavy atom. The molecule has 0 radical (unpaired) electrons. The summed E-state index contributed by atoms with van der Waals surface area (Å²) in [6.45, 7) is 7.07. The van der Waals surface area contributed by atoms with Crippen LogP contribution < -0.4 is 0 Å². The lowest BCUT2D eigenvalue weighted by Gasteiger charge is -1.94. The van der Waals surface area contributed by atoms with Crippen LogP contribution in [0.5, 0.6) is 0 Å². The van der Waals surface area contributed by atoms with Crippen molar-refractivity contribution in [1.29, 1.82) is 0 Å². The first-order valence-electron chi connectivity index (χ1n) is 4.19. The minimum Gasteiger partial charge on any atom is -0.309 e. The maximum Gasteiger partial charge on any atom is 0.265 e. The standard InChI is InChI=1S/C10H6ClN3S.BrH/c1-12-5-10-14-9(6-15-10)8-3-2-7(11)4-13-8;/h2-4,6H,5H2;1H. The van der Waals surface area contributed by atoms with Crippen molar-refractivity contribution >= 4 is 39.9 Å². The summed E-state index contributed by atoms with van der Waals surface area (Å²) in [5.41, 5.74) is 1.59. The molecule has 0 unspecified atom stereocenters. The average molecular weight is 317 g/mol. The van der Waals surface area contributed by atoms with Crippen LogP contribution in [0.4, 0.5) is 0 Å². The van der Waals surface area contributed by atoms with Crippen LogP contribution in [-0.2, 0) is 6.54 Å². The molecule has 0 amide bonds. The number of pyridine rings is 1. The van der Waals surface area contributed by atoms with Crippen molar-refractivity contribution in [2.75, 3.05) is 0 Å². The molecule has 0 fully saturated rings. The Balaban J connectivity index is 0.00000128. The molecule has 2 aromatic rings. The number of hydrogen-bond donors (Lipinski definition) is 0. The fraction of sp³-hybridized carbons (Fsp3) is 0.100. The third-order valence-electron chi connectivity index (χ3n) is 1.76. The van der Waals surface area contributed by atoms with Crippen LogP contribution in [-0.4, -0.2) is 9.97 Å². The maximum absolute atomic E-state index is 6.74. The highest BCUT2D eigenvalue weighted by Crippen LogP contribution is 2.21. The van der Waals surface area contributed by atoms with Crippen molar-refractivity contribution in [3.8, 4) is 11.4 Å². The summed E-state index contributed by atoms with van der Waals surface area (Å²) in [6.07, 6.45) is 1.59. The Morgan fingerprint density at radius 1 is 1.38 bits per heavy atom. The summed E-state index contributed by atoms with van der Waals surface area (Å²) in [5, 5.41) is 3.32. The smallest absolute Gasteiger partial charge is 0.265 e. The van der Waals surface area contributed by atoms with Crippen LogP contribution >= 0.6 is 39.9 Å². The molecule has 2 heterocycles. The molecule has 6 heteroatoms. The summed E-state index contributed by atoms with van der Waals surface area (Å²) >= 11 is 7.21. The molecule has 0 saturated heterocycles. The molecule has 0 N–H and O–H groups in total. The molecule has 0 aliphatic rings. The quantitative estimate of drug-likeness (QED) is 0.788. The molecule has 3 nitrogen and oxygen atoms in total. The van der Waals surface area contributed by atoms with Crippen LogP contribution in [0.2, 0.25) is 5.02 Å². The molecule has 0 aliphatic carbocycles. The van der Waals surface area contributed by atoms with E-state index in [1.165, 1.54) is 11.3 Å². The number of halogens is 2. The number of hydrogen-bond acceptors (Lipinski definition) is 3. The van der Waals surface area contributed by atoms with Crippen molar-refractivity contribution < 1.29 is 0 Å². The zero-order valence-electron chi connectivity index (χ0n) is 8.05. The highest BCUT2D eigenvalue weighted by atomic mass is 79.9. The zero-order valence-corrected chi connectivity index (χ0v) is 11.3. The normalized spacial score (nSPS) is 9.25. The largest absolute Gasteiger partial charge is 0.309 e. The van der Waals surface area contributed by atoms with Crippen LogP contribution in [0.15, 0.2) is 23.7 Å². The zero-order chi connectivity index (χ0) is 10.7. The summed E-state index contributed by atoms with van der Waals surface area (Å²) < 4.78 is 0. The van der Waals surface area contributed by atoms with E-state index in [1.807, 2.05) is 11.4 Å². The Bertz CT molecular complexity index is 504. The van der Waals surface area contributed by atoms with Crippen molar-refractivity contribution in [3.05, 3.63) is 45.2 Å². The molecule has 2 rings (SSSR count). The van der Waals surface area contributed by atoms with E-state index in [9.17, 15) is 0 Å². The Hall–Kier alpha value is -0.960. The van der Waals surface area contributed by atoms with Gasteiger partial charge < -0.3 is 4.85 Å². The number of nitrogens with zero attached hydrogens (tertiary/aromatic N) is 3. The van der Waals surface area contributed by atoms with Crippen LogP contribution in [0.25, 0.3) is 16.2 Å². The molecule has 16 heavy (non-hydrogen) atoms. The molecule has 0 aromatic carbocycles. The van der Waals surface area contributed by atoms with Crippen LogP contribution in [0.3, 0.4) is 0 Å². The molecule has 2 aromatic heterocycles. The van der Waals surface area contributed by atoms with Crippen molar-refractivity contribution in [2.45, 2.75) is 6.54 Å². The fourth-order valence-corrected chi connectivity index (χ4v) is 1.92. The first kappa shape index (κ1) is 13.1. The minimum atomic E-state index is 0. The SMILES string of the molecule is Br.[C-]#[N+]Cc1nc(-c2ccc(Cl)cn2)cs1. The second-order valence-corrected chi connectivity index (χ2v) is 4.18. The Kier molecular flexibility index (Phi) is 4.87. The van der Waals surface area contributed by atoms with E-state index in [4.69, 9.17) is 18.2 Å². The third-order valence-corrected chi connectivity index (χ3v) is 2.81. The monoisotopic (exact) mass is 315 g/mol. The van der Waals surface area contributed by atoms with Gasteiger partial charge in [0.25, 0.3) is 6.54 Å². The van der Waals surface area contributed by atoms with Crippen LogP contribution in [0, 0.1) is 6.57 Å². The van der Waals surface area contributed by atoms with Gasteiger partial charge in [-0.1, -0.05) is 11.6 Å². The lowest BCUT2D eigenvalue weighted by molar-refractivity contribution is 1.17. The third kappa shape index (κ3) is 3.01. The highest BCUT2D eigenvalue weighted by molar-refractivity contribution is 8.93. The minimum absolute atomic E-state index is 0. The van der Waals surface area contributed by atoms with Gasteiger partial charge in [0, 0.05) is 11.6 Å². The molecule has 0 bridgehead atoms. The van der Waals surface area contributed by atoms with E-state index in [-0.39, 0.29) is 17.0 Å². The van der Waals surface area contributed by atoms with Gasteiger partial charge in [-0.25, -0.2) is 11.6 Å². The van der Waals surface area contributed by atoms with E-state index >= 15 is 0 Å². The lowest BCUT2D eigenvalue weighted by atomic mass is 10.3. The molecular weight excluding hydrogens is 310 g/mol. The van der Waals surface area contributed by atoms with E-state index in [0.29, 0.717) is 11.6 Å². The average Bonchev–Trinajstić information content (AvgIpc) is 2.68. The van der Waals surface area contributed by atoms with Crippen molar-refractivity contribution in [2.24, 2.45) is 0 Å². The Labute approximate surface area is 113 Å². The lowest BCUT2D eigenvalue weighted by Crippen LogP contribution is -1.83.